The topological polar surface area (TPSA) is 34.1 Å². The molecule has 0 radical (unpaired) electrons. The summed E-state index contributed by atoms with van der Waals surface area (Å²) in [5.74, 6) is 1.95. The van der Waals surface area contributed by atoms with E-state index in [-0.39, 0.29) is 29.5 Å². The van der Waals surface area contributed by atoms with Gasteiger partial charge in [-0.3, -0.25) is 9.89 Å². The minimum Gasteiger partial charge on any atom is -0.357 e. The molecule has 0 spiro atoms. The number of nitrogens with one attached hydrogen (secondary N) is 1. The van der Waals surface area contributed by atoms with E-state index in [0.717, 1.165) is 38.1 Å². The molecule has 3 aliphatic rings. The van der Waals surface area contributed by atoms with Gasteiger partial charge in [-0.2, -0.15) is 0 Å². The van der Waals surface area contributed by atoms with Crippen LogP contribution >= 0.6 is 24.0 Å². The van der Waals surface area contributed by atoms with Crippen LogP contribution in [0.25, 0.3) is 0 Å². The number of likely N-dealkylation sites (tertiary alicyclic amines) is 3. The molecule has 3 fully saturated rings. The van der Waals surface area contributed by atoms with E-state index in [2.05, 4.69) is 40.9 Å². The number of guanidine groups is 1. The number of nitrogens with zero attached hydrogens (tertiary/aromatic N) is 4. The minimum atomic E-state index is 0. The fourth-order valence-electron chi connectivity index (χ4n) is 5.01. The molecule has 3 rings (SSSR count). The summed E-state index contributed by atoms with van der Waals surface area (Å²) in [7, 11) is 2.27. The summed E-state index contributed by atoms with van der Waals surface area (Å²) in [6.45, 7) is 13.8. The Morgan fingerprint density at radius 3 is 2.37 bits per heavy atom. The average Bonchev–Trinajstić information content (AvgIpc) is 2.67. The molecule has 3 aliphatic heterocycles. The molecule has 0 amide bonds. The summed E-state index contributed by atoms with van der Waals surface area (Å²) in [6.07, 6.45) is 9.33. The van der Waals surface area contributed by atoms with Gasteiger partial charge in [-0.05, 0) is 84.6 Å². The molecule has 6 heteroatoms. The first-order valence-corrected chi connectivity index (χ1v) is 11.1. The number of hydrogen-bond acceptors (Lipinski definition) is 3. The van der Waals surface area contributed by atoms with Gasteiger partial charge in [0.25, 0.3) is 0 Å². The highest BCUT2D eigenvalue weighted by atomic mass is 127. The van der Waals surface area contributed by atoms with E-state index in [0.29, 0.717) is 0 Å². The van der Waals surface area contributed by atoms with Crippen molar-refractivity contribution in [2.75, 3.05) is 59.4 Å². The van der Waals surface area contributed by atoms with E-state index < -0.39 is 0 Å². The Labute approximate surface area is 184 Å². The van der Waals surface area contributed by atoms with Crippen LogP contribution in [-0.2, 0) is 0 Å². The summed E-state index contributed by atoms with van der Waals surface area (Å²) in [6, 6.07) is 0. The molecule has 0 saturated carbocycles. The van der Waals surface area contributed by atoms with Gasteiger partial charge in [-0.1, -0.05) is 13.3 Å². The van der Waals surface area contributed by atoms with Crippen molar-refractivity contribution in [3.05, 3.63) is 0 Å². The van der Waals surface area contributed by atoms with E-state index in [1.54, 1.807) is 0 Å². The van der Waals surface area contributed by atoms with E-state index in [9.17, 15) is 0 Å². The molecule has 3 saturated heterocycles. The van der Waals surface area contributed by atoms with Crippen molar-refractivity contribution in [2.45, 2.75) is 64.3 Å². The quantitative estimate of drug-likeness (QED) is 0.372. The third-order valence-electron chi connectivity index (χ3n) is 6.76. The largest absolute Gasteiger partial charge is 0.357 e. The third-order valence-corrected chi connectivity index (χ3v) is 6.76. The smallest absolute Gasteiger partial charge is 0.193 e. The van der Waals surface area contributed by atoms with Crippen LogP contribution in [0.3, 0.4) is 0 Å². The Hall–Kier alpha value is -0.0800. The third kappa shape index (κ3) is 6.20. The molecule has 0 bridgehead atoms. The first kappa shape index (κ1) is 23.2. The Balaban J connectivity index is 0.00000261. The molecule has 0 aromatic carbocycles. The van der Waals surface area contributed by atoms with Gasteiger partial charge in [-0.15, -0.1) is 24.0 Å². The highest BCUT2D eigenvalue weighted by molar-refractivity contribution is 14.0. The number of rotatable bonds is 4. The van der Waals surface area contributed by atoms with Gasteiger partial charge in [0, 0.05) is 25.2 Å². The number of hydrogen-bond donors (Lipinski definition) is 1. The molecule has 0 aromatic rings. The maximum atomic E-state index is 5.24. The van der Waals surface area contributed by atoms with Gasteiger partial charge in [0.2, 0.25) is 0 Å². The van der Waals surface area contributed by atoms with Crippen LogP contribution in [-0.4, -0.2) is 85.6 Å². The number of piperidine rings is 3. The standard InChI is InChI=1S/C21H41N5.HI/c1-4-22-20(25-12-8-9-19(2)17-25)23-18-21(10-15-24(3)16-11-21)26-13-6-5-7-14-26;/h19H,4-18H2,1-3H3,(H,22,23);1H. The van der Waals surface area contributed by atoms with Gasteiger partial charge in [0.05, 0.1) is 6.54 Å². The predicted molar refractivity (Wildman–Crippen MR) is 126 cm³/mol. The van der Waals surface area contributed by atoms with E-state index in [1.165, 1.54) is 71.1 Å². The van der Waals surface area contributed by atoms with Crippen LogP contribution < -0.4 is 5.32 Å². The van der Waals surface area contributed by atoms with Crippen LogP contribution in [0.5, 0.6) is 0 Å². The Morgan fingerprint density at radius 1 is 1.04 bits per heavy atom. The van der Waals surface area contributed by atoms with Crippen molar-refractivity contribution >= 4 is 29.9 Å². The van der Waals surface area contributed by atoms with Crippen LogP contribution in [0.15, 0.2) is 4.99 Å². The van der Waals surface area contributed by atoms with Crippen molar-refractivity contribution in [3.8, 4) is 0 Å². The van der Waals surface area contributed by atoms with Crippen molar-refractivity contribution in [3.63, 3.8) is 0 Å². The molecular formula is C21H42IN5. The lowest BCUT2D eigenvalue weighted by Gasteiger charge is -2.49. The van der Waals surface area contributed by atoms with Crippen LogP contribution in [0, 0.1) is 5.92 Å². The average molecular weight is 492 g/mol. The number of halogens is 1. The summed E-state index contributed by atoms with van der Waals surface area (Å²) < 4.78 is 0. The molecule has 5 nitrogen and oxygen atoms in total. The molecule has 0 aliphatic carbocycles. The second kappa shape index (κ2) is 11.2. The zero-order chi connectivity index (χ0) is 18.4. The zero-order valence-electron chi connectivity index (χ0n) is 17.9. The van der Waals surface area contributed by atoms with E-state index >= 15 is 0 Å². The fraction of sp³-hybridized carbons (Fsp3) is 0.952. The maximum Gasteiger partial charge on any atom is 0.193 e. The lowest BCUT2D eigenvalue weighted by atomic mass is 9.84. The zero-order valence-corrected chi connectivity index (χ0v) is 20.2. The van der Waals surface area contributed by atoms with Gasteiger partial charge in [0.15, 0.2) is 5.96 Å². The SMILES string of the molecule is CCNC(=NCC1(N2CCCCC2)CCN(C)CC1)N1CCCC(C)C1.I. The molecule has 27 heavy (non-hydrogen) atoms. The summed E-state index contributed by atoms with van der Waals surface area (Å²) in [4.78, 5) is 13.0. The molecular weight excluding hydrogens is 449 g/mol. The second-order valence-electron chi connectivity index (χ2n) is 8.94. The minimum absolute atomic E-state index is 0. The maximum absolute atomic E-state index is 5.24. The summed E-state index contributed by atoms with van der Waals surface area (Å²) in [5.41, 5.74) is 0.287. The Morgan fingerprint density at radius 2 is 1.74 bits per heavy atom. The van der Waals surface area contributed by atoms with Crippen LogP contribution in [0.2, 0.25) is 0 Å². The Bertz CT molecular complexity index is 455. The molecule has 3 heterocycles. The summed E-state index contributed by atoms with van der Waals surface area (Å²) in [5, 5.41) is 3.59. The lowest BCUT2D eigenvalue weighted by molar-refractivity contribution is 0.0206. The normalized spacial score (nSPS) is 27.9. The van der Waals surface area contributed by atoms with Gasteiger partial charge < -0.3 is 15.1 Å². The molecule has 1 atom stereocenters. The van der Waals surface area contributed by atoms with Crippen LogP contribution in [0.4, 0.5) is 0 Å². The van der Waals surface area contributed by atoms with Gasteiger partial charge in [-0.25, -0.2) is 0 Å². The predicted octanol–water partition coefficient (Wildman–Crippen LogP) is 3.25. The van der Waals surface area contributed by atoms with Gasteiger partial charge in [0.1, 0.15) is 0 Å². The molecule has 1 unspecified atom stereocenters. The van der Waals surface area contributed by atoms with Crippen molar-refractivity contribution in [1.82, 2.24) is 20.0 Å². The highest BCUT2D eigenvalue weighted by Gasteiger charge is 2.39. The monoisotopic (exact) mass is 491 g/mol. The highest BCUT2D eigenvalue weighted by Crippen LogP contribution is 2.32. The van der Waals surface area contributed by atoms with Crippen LogP contribution in [0.1, 0.15) is 58.8 Å². The van der Waals surface area contributed by atoms with Crippen molar-refractivity contribution < 1.29 is 0 Å². The first-order valence-electron chi connectivity index (χ1n) is 11.1. The fourth-order valence-corrected chi connectivity index (χ4v) is 5.01. The Kier molecular flexibility index (Phi) is 9.62. The van der Waals surface area contributed by atoms with Crippen molar-refractivity contribution in [1.29, 1.82) is 0 Å². The number of aliphatic imine (C=N–C) groups is 1. The van der Waals surface area contributed by atoms with E-state index in [4.69, 9.17) is 4.99 Å². The lowest BCUT2D eigenvalue weighted by Crippen LogP contribution is -2.58. The molecule has 158 valence electrons. The molecule has 1 N–H and O–H groups in total. The van der Waals surface area contributed by atoms with Gasteiger partial charge >= 0.3 is 0 Å². The second-order valence-corrected chi connectivity index (χ2v) is 8.94. The summed E-state index contributed by atoms with van der Waals surface area (Å²) >= 11 is 0. The first-order chi connectivity index (χ1) is 12.6. The van der Waals surface area contributed by atoms with Crippen molar-refractivity contribution in [2.24, 2.45) is 10.9 Å². The molecule has 0 aromatic heterocycles. The van der Waals surface area contributed by atoms with E-state index in [1.807, 2.05) is 0 Å².